The molecule has 0 spiro atoms. The number of aromatic amines is 1. The van der Waals surface area contributed by atoms with Crippen LogP contribution in [0.5, 0.6) is 5.75 Å². The number of ether oxygens (including phenoxy) is 1. The summed E-state index contributed by atoms with van der Waals surface area (Å²) in [5.41, 5.74) is 11.1. The molecule has 5 heteroatoms. The van der Waals surface area contributed by atoms with Crippen LogP contribution in [0.2, 0.25) is 0 Å². The number of aromatic nitrogens is 1. The van der Waals surface area contributed by atoms with Crippen LogP contribution in [0.15, 0.2) is 24.3 Å². The first-order chi connectivity index (χ1) is 13.0. The SMILES string of the molecule is CCN1CC[C@]2(c3cccc(OC)c3)Cc3[nH]c(C(N)=O)c(C)c3C[C@H]2C1. The Morgan fingerprint density at radius 2 is 2.26 bits per heavy atom. The zero-order valence-electron chi connectivity index (χ0n) is 16.5. The first-order valence-electron chi connectivity index (χ1n) is 9.85. The van der Waals surface area contributed by atoms with Crippen molar-refractivity contribution >= 4 is 5.91 Å². The molecule has 1 aromatic carbocycles. The van der Waals surface area contributed by atoms with Crippen molar-refractivity contribution in [3.05, 3.63) is 52.3 Å². The molecule has 144 valence electrons. The molecule has 1 amide bonds. The molecule has 1 saturated heterocycles. The summed E-state index contributed by atoms with van der Waals surface area (Å²) in [4.78, 5) is 17.8. The van der Waals surface area contributed by atoms with Crippen molar-refractivity contribution in [2.24, 2.45) is 11.7 Å². The number of nitrogens with zero attached hydrogens (tertiary/aromatic N) is 1. The molecule has 2 atom stereocenters. The Bertz CT molecular complexity index is 872. The summed E-state index contributed by atoms with van der Waals surface area (Å²) in [7, 11) is 1.72. The maximum Gasteiger partial charge on any atom is 0.265 e. The Kier molecular flexibility index (Phi) is 4.50. The quantitative estimate of drug-likeness (QED) is 0.873. The molecule has 1 aromatic heterocycles. The first kappa shape index (κ1) is 18.1. The normalized spacial score (nSPS) is 24.9. The molecular weight excluding hydrogens is 338 g/mol. The fourth-order valence-electron chi connectivity index (χ4n) is 5.27. The Balaban J connectivity index is 1.82. The molecule has 1 fully saturated rings. The Labute approximate surface area is 160 Å². The topological polar surface area (TPSA) is 71.3 Å². The van der Waals surface area contributed by atoms with E-state index in [9.17, 15) is 4.79 Å². The van der Waals surface area contributed by atoms with Crippen molar-refractivity contribution in [1.29, 1.82) is 0 Å². The largest absolute Gasteiger partial charge is 0.497 e. The van der Waals surface area contributed by atoms with Gasteiger partial charge in [0, 0.05) is 17.7 Å². The third-order valence-corrected chi connectivity index (χ3v) is 6.88. The van der Waals surface area contributed by atoms with E-state index >= 15 is 0 Å². The summed E-state index contributed by atoms with van der Waals surface area (Å²) in [6.45, 7) is 7.52. The average molecular weight is 367 g/mol. The van der Waals surface area contributed by atoms with E-state index in [1.54, 1.807) is 7.11 Å². The van der Waals surface area contributed by atoms with Crippen LogP contribution >= 0.6 is 0 Å². The van der Waals surface area contributed by atoms with Crippen LogP contribution in [-0.4, -0.2) is 42.5 Å². The van der Waals surface area contributed by atoms with Gasteiger partial charge in [0.05, 0.1) is 7.11 Å². The number of hydrogen-bond donors (Lipinski definition) is 2. The molecule has 2 aromatic rings. The van der Waals surface area contributed by atoms with Gasteiger partial charge in [-0.1, -0.05) is 19.1 Å². The number of hydrogen-bond acceptors (Lipinski definition) is 3. The number of primary amides is 1. The van der Waals surface area contributed by atoms with Gasteiger partial charge in [-0.05, 0) is 74.0 Å². The molecular formula is C22H29N3O2. The number of nitrogens with two attached hydrogens (primary N) is 1. The lowest BCUT2D eigenvalue weighted by atomic mass is 9.58. The Hall–Kier alpha value is -2.27. The molecule has 2 aliphatic rings. The smallest absolute Gasteiger partial charge is 0.265 e. The number of benzene rings is 1. The van der Waals surface area contributed by atoms with Gasteiger partial charge in [-0.2, -0.15) is 0 Å². The van der Waals surface area contributed by atoms with Gasteiger partial charge >= 0.3 is 0 Å². The number of carbonyl (C=O) groups is 1. The highest BCUT2D eigenvalue weighted by molar-refractivity contribution is 5.93. The Morgan fingerprint density at radius 1 is 1.44 bits per heavy atom. The van der Waals surface area contributed by atoms with E-state index in [2.05, 4.69) is 35.0 Å². The van der Waals surface area contributed by atoms with Gasteiger partial charge < -0.3 is 20.4 Å². The van der Waals surface area contributed by atoms with E-state index in [0.717, 1.165) is 50.2 Å². The van der Waals surface area contributed by atoms with E-state index in [1.165, 1.54) is 16.8 Å². The molecule has 5 nitrogen and oxygen atoms in total. The molecule has 0 radical (unpaired) electrons. The first-order valence-corrected chi connectivity index (χ1v) is 9.85. The van der Waals surface area contributed by atoms with Gasteiger partial charge in [-0.15, -0.1) is 0 Å². The molecule has 4 rings (SSSR count). The van der Waals surface area contributed by atoms with Crippen LogP contribution in [0.25, 0.3) is 0 Å². The average Bonchev–Trinajstić information content (AvgIpc) is 3.01. The van der Waals surface area contributed by atoms with Crippen LogP contribution < -0.4 is 10.5 Å². The maximum absolute atomic E-state index is 11.9. The van der Waals surface area contributed by atoms with E-state index in [0.29, 0.717) is 11.6 Å². The lowest BCUT2D eigenvalue weighted by Gasteiger charge is -2.51. The monoisotopic (exact) mass is 367 g/mol. The summed E-state index contributed by atoms with van der Waals surface area (Å²) in [5.74, 6) is 1.06. The van der Waals surface area contributed by atoms with E-state index in [1.807, 2.05) is 13.0 Å². The van der Waals surface area contributed by atoms with Gasteiger partial charge in [0.1, 0.15) is 11.4 Å². The minimum absolute atomic E-state index is 0.0689. The van der Waals surface area contributed by atoms with Crippen molar-refractivity contribution in [1.82, 2.24) is 9.88 Å². The summed E-state index contributed by atoms with van der Waals surface area (Å²) < 4.78 is 5.51. The van der Waals surface area contributed by atoms with Crippen molar-refractivity contribution in [2.45, 2.75) is 38.5 Å². The van der Waals surface area contributed by atoms with Crippen LogP contribution in [-0.2, 0) is 18.3 Å². The lowest BCUT2D eigenvalue weighted by molar-refractivity contribution is 0.0848. The number of H-pyrrole nitrogens is 1. The van der Waals surface area contributed by atoms with Crippen molar-refractivity contribution < 1.29 is 9.53 Å². The third-order valence-electron chi connectivity index (χ3n) is 6.88. The highest BCUT2D eigenvalue weighted by Crippen LogP contribution is 2.49. The van der Waals surface area contributed by atoms with Gasteiger partial charge in [0.2, 0.25) is 0 Å². The van der Waals surface area contributed by atoms with Crippen molar-refractivity contribution in [2.75, 3.05) is 26.7 Å². The zero-order chi connectivity index (χ0) is 19.2. The fraction of sp³-hybridized carbons (Fsp3) is 0.500. The van der Waals surface area contributed by atoms with Crippen LogP contribution in [0, 0.1) is 12.8 Å². The van der Waals surface area contributed by atoms with Gasteiger partial charge in [-0.3, -0.25) is 4.79 Å². The molecule has 1 aliphatic heterocycles. The van der Waals surface area contributed by atoms with E-state index in [4.69, 9.17) is 10.5 Å². The van der Waals surface area contributed by atoms with E-state index in [-0.39, 0.29) is 11.3 Å². The molecule has 27 heavy (non-hydrogen) atoms. The molecule has 2 heterocycles. The predicted octanol–water partition coefficient (Wildman–Crippen LogP) is 2.81. The van der Waals surface area contributed by atoms with Crippen LogP contribution in [0.4, 0.5) is 0 Å². The predicted molar refractivity (Wildman–Crippen MR) is 106 cm³/mol. The standard InChI is InChI=1S/C22H29N3O2/c1-4-25-9-8-22(15-6-5-7-17(10-15)27-3)12-19-18(11-16(22)13-25)14(2)20(24-19)21(23)26/h5-7,10,16,24H,4,8-9,11-13H2,1-3H3,(H2,23,26)/t16-,22+/m0/s1. The minimum Gasteiger partial charge on any atom is -0.497 e. The summed E-state index contributed by atoms with van der Waals surface area (Å²) >= 11 is 0. The molecule has 0 saturated carbocycles. The van der Waals surface area contributed by atoms with Gasteiger partial charge in [0.25, 0.3) is 5.91 Å². The maximum atomic E-state index is 11.9. The zero-order valence-corrected chi connectivity index (χ0v) is 16.5. The minimum atomic E-state index is -0.365. The highest BCUT2D eigenvalue weighted by atomic mass is 16.5. The second-order valence-electron chi connectivity index (χ2n) is 8.06. The van der Waals surface area contributed by atoms with Crippen LogP contribution in [0.1, 0.15) is 46.2 Å². The summed E-state index contributed by atoms with van der Waals surface area (Å²) in [5, 5.41) is 0. The second kappa shape index (κ2) is 6.71. The number of piperidine rings is 1. The number of likely N-dealkylation sites (tertiary alicyclic amines) is 1. The van der Waals surface area contributed by atoms with E-state index < -0.39 is 0 Å². The third kappa shape index (κ3) is 2.85. The molecule has 1 aliphatic carbocycles. The number of methoxy groups -OCH3 is 1. The van der Waals surface area contributed by atoms with Gasteiger partial charge in [0.15, 0.2) is 0 Å². The lowest BCUT2D eigenvalue weighted by Crippen LogP contribution is -2.53. The number of carbonyl (C=O) groups excluding carboxylic acids is 1. The van der Waals surface area contributed by atoms with Crippen molar-refractivity contribution in [3.8, 4) is 5.75 Å². The molecule has 3 N–H and O–H groups in total. The van der Waals surface area contributed by atoms with Crippen LogP contribution in [0.3, 0.4) is 0 Å². The summed E-state index contributed by atoms with van der Waals surface area (Å²) in [6.07, 6.45) is 3.02. The second-order valence-corrected chi connectivity index (χ2v) is 8.06. The highest BCUT2D eigenvalue weighted by Gasteiger charge is 2.48. The fourth-order valence-corrected chi connectivity index (χ4v) is 5.27. The van der Waals surface area contributed by atoms with Gasteiger partial charge in [-0.25, -0.2) is 0 Å². The number of fused-ring (bicyclic) bond motifs is 2. The number of nitrogens with one attached hydrogen (secondary N) is 1. The number of rotatable bonds is 4. The van der Waals surface area contributed by atoms with Crippen molar-refractivity contribution in [3.63, 3.8) is 0 Å². The molecule has 0 unspecified atom stereocenters. The number of amides is 1. The molecule has 0 bridgehead atoms. The summed E-state index contributed by atoms with van der Waals surface area (Å²) in [6, 6.07) is 8.54. The Morgan fingerprint density at radius 3 is 2.96 bits per heavy atom.